The summed E-state index contributed by atoms with van der Waals surface area (Å²) in [5.41, 5.74) is 3.08. The average Bonchev–Trinajstić information content (AvgIpc) is 2.57. The van der Waals surface area contributed by atoms with Gasteiger partial charge in [0.1, 0.15) is 12.1 Å². The van der Waals surface area contributed by atoms with Crippen molar-refractivity contribution in [3.63, 3.8) is 0 Å². The van der Waals surface area contributed by atoms with E-state index in [0.29, 0.717) is 16.5 Å². The highest BCUT2D eigenvalue weighted by Gasteiger charge is 2.25. The van der Waals surface area contributed by atoms with Gasteiger partial charge in [0.2, 0.25) is 5.82 Å². The van der Waals surface area contributed by atoms with E-state index in [4.69, 9.17) is 16.3 Å². The second kappa shape index (κ2) is 7.59. The van der Waals surface area contributed by atoms with Crippen molar-refractivity contribution in [3.05, 3.63) is 74.6 Å². The Labute approximate surface area is 161 Å². The van der Waals surface area contributed by atoms with Crippen molar-refractivity contribution in [3.8, 4) is 11.6 Å². The molecule has 0 aliphatic heterocycles. The quantitative estimate of drug-likeness (QED) is 0.461. The molecule has 138 valence electrons. The van der Waals surface area contributed by atoms with Gasteiger partial charge >= 0.3 is 11.6 Å². The maximum absolute atomic E-state index is 11.7. The van der Waals surface area contributed by atoms with Crippen molar-refractivity contribution >= 4 is 28.8 Å². The number of nitrogens with zero attached hydrogens (tertiary/aromatic N) is 3. The van der Waals surface area contributed by atoms with E-state index in [9.17, 15) is 10.1 Å². The van der Waals surface area contributed by atoms with Gasteiger partial charge in [0, 0.05) is 10.7 Å². The Balaban J connectivity index is 1.99. The number of aryl methyl sites for hydroxylation is 3. The van der Waals surface area contributed by atoms with Gasteiger partial charge in [0.05, 0.1) is 4.92 Å². The molecule has 1 aromatic heterocycles. The molecule has 0 atom stereocenters. The minimum Gasteiger partial charge on any atom is -0.434 e. The Morgan fingerprint density at radius 3 is 2.41 bits per heavy atom. The minimum absolute atomic E-state index is 0.0225. The van der Waals surface area contributed by atoms with Gasteiger partial charge in [0.15, 0.2) is 0 Å². The summed E-state index contributed by atoms with van der Waals surface area (Å²) in [6.45, 7) is 5.71. The molecule has 27 heavy (non-hydrogen) atoms. The lowest BCUT2D eigenvalue weighted by Crippen LogP contribution is -2.03. The van der Waals surface area contributed by atoms with Crippen LogP contribution < -0.4 is 10.1 Å². The molecule has 3 rings (SSSR count). The van der Waals surface area contributed by atoms with Crippen LogP contribution in [0, 0.1) is 30.9 Å². The fraction of sp³-hybridized carbons (Fsp3) is 0.158. The van der Waals surface area contributed by atoms with E-state index in [1.54, 1.807) is 24.3 Å². The molecule has 1 N–H and O–H groups in total. The van der Waals surface area contributed by atoms with Crippen LogP contribution in [0.1, 0.15) is 16.7 Å². The van der Waals surface area contributed by atoms with E-state index in [-0.39, 0.29) is 17.4 Å². The van der Waals surface area contributed by atoms with Gasteiger partial charge in [-0.1, -0.05) is 23.7 Å². The topological polar surface area (TPSA) is 90.2 Å². The first-order valence-corrected chi connectivity index (χ1v) is 8.50. The number of benzene rings is 2. The lowest BCUT2D eigenvalue weighted by Gasteiger charge is -2.11. The summed E-state index contributed by atoms with van der Waals surface area (Å²) in [5.74, 6) is 0.355. The van der Waals surface area contributed by atoms with Crippen molar-refractivity contribution in [2.75, 3.05) is 5.32 Å². The monoisotopic (exact) mass is 384 g/mol. The highest BCUT2D eigenvalue weighted by molar-refractivity contribution is 6.31. The standard InChI is InChI=1S/C19H17ClN4O3/c1-11-6-12(2)8-15(7-11)27-19-17(24(25)26)18(21-10-22-19)23-14-5-4-13(3)16(20)9-14/h4-10H,1-3H3,(H,21,22,23). The lowest BCUT2D eigenvalue weighted by molar-refractivity contribution is -0.385. The third kappa shape index (κ3) is 4.32. The first-order valence-electron chi connectivity index (χ1n) is 8.12. The van der Waals surface area contributed by atoms with E-state index >= 15 is 0 Å². The number of nitro groups is 1. The Hall–Kier alpha value is -3.19. The second-order valence-electron chi connectivity index (χ2n) is 6.15. The molecule has 0 fully saturated rings. The maximum atomic E-state index is 11.7. The van der Waals surface area contributed by atoms with Crippen molar-refractivity contribution in [2.24, 2.45) is 0 Å². The zero-order valence-corrected chi connectivity index (χ0v) is 15.7. The van der Waals surface area contributed by atoms with Gasteiger partial charge in [-0.15, -0.1) is 0 Å². The molecular weight excluding hydrogens is 368 g/mol. The Morgan fingerprint density at radius 2 is 1.78 bits per heavy atom. The Bertz CT molecular complexity index is 1000. The Morgan fingerprint density at radius 1 is 1.07 bits per heavy atom. The van der Waals surface area contributed by atoms with E-state index in [1.165, 1.54) is 6.33 Å². The van der Waals surface area contributed by atoms with E-state index in [0.717, 1.165) is 16.7 Å². The average molecular weight is 385 g/mol. The van der Waals surface area contributed by atoms with Crippen LogP contribution in [0.4, 0.5) is 17.2 Å². The normalized spacial score (nSPS) is 10.5. The smallest absolute Gasteiger partial charge is 0.373 e. The molecule has 0 spiro atoms. The minimum atomic E-state index is -0.573. The molecule has 0 aliphatic carbocycles. The molecule has 7 nitrogen and oxygen atoms in total. The summed E-state index contributed by atoms with van der Waals surface area (Å²) in [6, 6.07) is 10.8. The molecule has 0 saturated carbocycles. The van der Waals surface area contributed by atoms with Crippen LogP contribution >= 0.6 is 11.6 Å². The molecule has 0 unspecified atom stereocenters. The van der Waals surface area contributed by atoms with E-state index in [2.05, 4.69) is 15.3 Å². The summed E-state index contributed by atoms with van der Waals surface area (Å²) >= 11 is 6.12. The molecule has 0 aliphatic rings. The number of ether oxygens (including phenoxy) is 1. The van der Waals surface area contributed by atoms with Crippen molar-refractivity contribution in [2.45, 2.75) is 20.8 Å². The number of anilines is 2. The fourth-order valence-corrected chi connectivity index (χ4v) is 2.78. The third-order valence-corrected chi connectivity index (χ3v) is 4.22. The Kier molecular flexibility index (Phi) is 5.23. The van der Waals surface area contributed by atoms with Crippen LogP contribution in [-0.4, -0.2) is 14.9 Å². The van der Waals surface area contributed by atoms with Gasteiger partial charge in [0.25, 0.3) is 0 Å². The summed E-state index contributed by atoms with van der Waals surface area (Å²) < 4.78 is 5.69. The first kappa shape index (κ1) is 18.6. The second-order valence-corrected chi connectivity index (χ2v) is 6.55. The maximum Gasteiger partial charge on any atom is 0.373 e. The van der Waals surface area contributed by atoms with Gasteiger partial charge in [-0.25, -0.2) is 4.98 Å². The van der Waals surface area contributed by atoms with Crippen molar-refractivity contribution < 1.29 is 9.66 Å². The van der Waals surface area contributed by atoms with Crippen molar-refractivity contribution in [1.29, 1.82) is 0 Å². The molecule has 0 radical (unpaired) electrons. The highest BCUT2D eigenvalue weighted by Crippen LogP contribution is 2.36. The van der Waals surface area contributed by atoms with Crippen molar-refractivity contribution in [1.82, 2.24) is 9.97 Å². The van der Waals surface area contributed by atoms with E-state index in [1.807, 2.05) is 32.9 Å². The molecule has 8 heteroatoms. The van der Waals surface area contributed by atoms with Crippen LogP contribution in [-0.2, 0) is 0 Å². The molecule has 0 bridgehead atoms. The fourth-order valence-electron chi connectivity index (χ4n) is 2.60. The number of nitrogens with one attached hydrogen (secondary N) is 1. The van der Waals surface area contributed by atoms with Crippen LogP contribution in [0.5, 0.6) is 11.6 Å². The molecule has 3 aromatic rings. The predicted octanol–water partition coefficient (Wildman–Crippen LogP) is 5.50. The molecule has 2 aromatic carbocycles. The SMILES string of the molecule is Cc1cc(C)cc(Oc2ncnc(Nc3ccc(C)c(Cl)c3)c2[N+](=O)[O-])c1. The largest absolute Gasteiger partial charge is 0.434 e. The van der Waals surface area contributed by atoms with Crippen LogP contribution in [0.3, 0.4) is 0 Å². The van der Waals surface area contributed by atoms with Gasteiger partial charge < -0.3 is 10.1 Å². The van der Waals surface area contributed by atoms with Gasteiger partial charge in [-0.2, -0.15) is 4.98 Å². The van der Waals surface area contributed by atoms with Crippen LogP contribution in [0.15, 0.2) is 42.7 Å². The number of hydrogen-bond donors (Lipinski definition) is 1. The van der Waals surface area contributed by atoms with Gasteiger partial charge in [-0.3, -0.25) is 10.1 Å². The summed E-state index contributed by atoms with van der Waals surface area (Å²) in [5, 5.41) is 15.1. The number of rotatable bonds is 5. The summed E-state index contributed by atoms with van der Waals surface area (Å²) in [6.07, 6.45) is 1.21. The highest BCUT2D eigenvalue weighted by atomic mass is 35.5. The number of halogens is 1. The zero-order valence-electron chi connectivity index (χ0n) is 15.0. The molecule has 0 amide bonds. The lowest BCUT2D eigenvalue weighted by atomic mass is 10.1. The van der Waals surface area contributed by atoms with Gasteiger partial charge in [-0.05, 0) is 61.7 Å². The number of hydrogen-bond acceptors (Lipinski definition) is 6. The molecule has 1 heterocycles. The summed E-state index contributed by atoms with van der Waals surface area (Å²) in [7, 11) is 0. The molecule has 0 saturated heterocycles. The summed E-state index contributed by atoms with van der Waals surface area (Å²) in [4.78, 5) is 19.0. The molecular formula is C19H17ClN4O3. The first-order chi connectivity index (χ1) is 12.8. The van der Waals surface area contributed by atoms with Crippen LogP contribution in [0.25, 0.3) is 0 Å². The number of aromatic nitrogens is 2. The van der Waals surface area contributed by atoms with E-state index < -0.39 is 4.92 Å². The zero-order chi connectivity index (χ0) is 19.6. The predicted molar refractivity (Wildman–Crippen MR) is 104 cm³/mol. The third-order valence-electron chi connectivity index (χ3n) is 3.82. The van der Waals surface area contributed by atoms with Crippen LogP contribution in [0.2, 0.25) is 5.02 Å².